The number of nitrogens with zero attached hydrogens (tertiary/aromatic N) is 1. The van der Waals surface area contributed by atoms with Crippen LogP contribution in [-0.4, -0.2) is 17.9 Å². The highest BCUT2D eigenvalue weighted by Crippen LogP contribution is 2.25. The zero-order valence-corrected chi connectivity index (χ0v) is 10.5. The van der Waals surface area contributed by atoms with Crippen molar-refractivity contribution in [2.24, 2.45) is 5.92 Å². The standard InChI is InChI=1S/C14H19NO2/c1-10-7-13(17-2)9-12(15-10)8-11-5-3-4-6-14(11)16/h7,9,11H,3-6,8H2,1-2H3. The van der Waals surface area contributed by atoms with Gasteiger partial charge in [0, 0.05) is 35.9 Å². The number of methoxy groups -OCH3 is 1. The number of carbonyl (C=O) groups excluding carboxylic acids is 1. The number of rotatable bonds is 3. The lowest BCUT2D eigenvalue weighted by Crippen LogP contribution is -2.21. The van der Waals surface area contributed by atoms with Crippen LogP contribution in [0.3, 0.4) is 0 Å². The highest BCUT2D eigenvalue weighted by molar-refractivity contribution is 5.81. The van der Waals surface area contributed by atoms with Crippen molar-refractivity contribution < 1.29 is 9.53 Å². The average molecular weight is 233 g/mol. The van der Waals surface area contributed by atoms with Crippen molar-refractivity contribution in [1.29, 1.82) is 0 Å². The summed E-state index contributed by atoms with van der Waals surface area (Å²) in [6.45, 7) is 1.95. The second-order valence-electron chi connectivity index (χ2n) is 4.75. The van der Waals surface area contributed by atoms with Gasteiger partial charge in [0.1, 0.15) is 11.5 Å². The molecule has 1 saturated carbocycles. The van der Waals surface area contributed by atoms with Gasteiger partial charge in [-0.25, -0.2) is 0 Å². The van der Waals surface area contributed by atoms with Crippen LogP contribution in [0.25, 0.3) is 0 Å². The molecule has 0 amide bonds. The Morgan fingerprint density at radius 3 is 2.94 bits per heavy atom. The van der Waals surface area contributed by atoms with Gasteiger partial charge >= 0.3 is 0 Å². The second kappa shape index (κ2) is 5.30. The molecule has 1 aliphatic carbocycles. The minimum absolute atomic E-state index is 0.169. The fourth-order valence-electron chi connectivity index (χ4n) is 2.45. The minimum Gasteiger partial charge on any atom is -0.497 e. The van der Waals surface area contributed by atoms with Crippen molar-refractivity contribution in [3.8, 4) is 5.75 Å². The lowest BCUT2D eigenvalue weighted by atomic mass is 9.85. The van der Waals surface area contributed by atoms with E-state index in [0.29, 0.717) is 5.78 Å². The second-order valence-corrected chi connectivity index (χ2v) is 4.75. The molecule has 0 saturated heterocycles. The van der Waals surface area contributed by atoms with Crippen molar-refractivity contribution in [1.82, 2.24) is 4.98 Å². The quantitative estimate of drug-likeness (QED) is 0.805. The van der Waals surface area contributed by atoms with Gasteiger partial charge < -0.3 is 4.74 Å². The topological polar surface area (TPSA) is 39.2 Å². The molecule has 0 radical (unpaired) electrons. The summed E-state index contributed by atoms with van der Waals surface area (Å²) in [5.41, 5.74) is 1.92. The number of Topliss-reactive ketones (excluding diaryl/α,β-unsaturated/α-hetero) is 1. The lowest BCUT2D eigenvalue weighted by Gasteiger charge is -2.20. The van der Waals surface area contributed by atoms with Gasteiger partial charge in [0.2, 0.25) is 0 Å². The summed E-state index contributed by atoms with van der Waals surface area (Å²) in [4.78, 5) is 16.3. The molecule has 0 bridgehead atoms. The fraction of sp³-hybridized carbons (Fsp3) is 0.571. The van der Waals surface area contributed by atoms with Crippen LogP contribution in [0.15, 0.2) is 12.1 Å². The van der Waals surface area contributed by atoms with Gasteiger partial charge in [-0.05, 0) is 26.2 Å². The highest BCUT2D eigenvalue weighted by atomic mass is 16.5. The largest absolute Gasteiger partial charge is 0.497 e. The molecule has 1 unspecified atom stereocenters. The SMILES string of the molecule is COc1cc(C)nc(CC2CCCCC2=O)c1. The number of pyridine rings is 1. The van der Waals surface area contributed by atoms with Gasteiger partial charge in [-0.1, -0.05) is 6.42 Å². The van der Waals surface area contributed by atoms with Crippen LogP contribution in [0.4, 0.5) is 0 Å². The van der Waals surface area contributed by atoms with Crippen LogP contribution in [0.2, 0.25) is 0 Å². The molecular weight excluding hydrogens is 214 g/mol. The summed E-state index contributed by atoms with van der Waals surface area (Å²) in [6, 6.07) is 3.85. The molecule has 0 aromatic carbocycles. The third-order valence-electron chi connectivity index (χ3n) is 3.35. The molecule has 1 aromatic rings. The van der Waals surface area contributed by atoms with Crippen LogP contribution in [-0.2, 0) is 11.2 Å². The van der Waals surface area contributed by atoms with Gasteiger partial charge in [0.05, 0.1) is 7.11 Å². The summed E-state index contributed by atoms with van der Waals surface area (Å²) in [5, 5.41) is 0. The summed E-state index contributed by atoms with van der Waals surface area (Å²) >= 11 is 0. The van der Waals surface area contributed by atoms with E-state index in [1.165, 1.54) is 6.42 Å². The molecule has 1 atom stereocenters. The van der Waals surface area contributed by atoms with Gasteiger partial charge in [0.15, 0.2) is 0 Å². The van der Waals surface area contributed by atoms with Crippen molar-refractivity contribution in [2.45, 2.75) is 39.0 Å². The molecule has 1 aromatic heterocycles. The van der Waals surface area contributed by atoms with E-state index in [-0.39, 0.29) is 5.92 Å². The minimum atomic E-state index is 0.169. The summed E-state index contributed by atoms with van der Waals surface area (Å²) in [5.74, 6) is 1.40. The molecular formula is C14H19NO2. The number of aryl methyl sites for hydroxylation is 1. The van der Waals surface area contributed by atoms with Crippen molar-refractivity contribution in [2.75, 3.05) is 7.11 Å². The van der Waals surface area contributed by atoms with E-state index in [0.717, 1.165) is 42.8 Å². The number of ether oxygens (including phenoxy) is 1. The lowest BCUT2D eigenvalue weighted by molar-refractivity contribution is -0.124. The first-order chi connectivity index (χ1) is 8.19. The van der Waals surface area contributed by atoms with Crippen LogP contribution < -0.4 is 4.74 Å². The van der Waals surface area contributed by atoms with E-state index in [1.54, 1.807) is 7.11 Å². The first-order valence-electron chi connectivity index (χ1n) is 6.23. The van der Waals surface area contributed by atoms with E-state index in [1.807, 2.05) is 19.1 Å². The van der Waals surface area contributed by atoms with Crippen LogP contribution in [0.1, 0.15) is 37.1 Å². The van der Waals surface area contributed by atoms with E-state index in [4.69, 9.17) is 4.74 Å². The Morgan fingerprint density at radius 2 is 2.24 bits per heavy atom. The van der Waals surface area contributed by atoms with Crippen molar-refractivity contribution in [3.05, 3.63) is 23.5 Å². The number of aromatic nitrogens is 1. The van der Waals surface area contributed by atoms with Gasteiger partial charge in [-0.3, -0.25) is 9.78 Å². The maximum atomic E-state index is 11.8. The van der Waals surface area contributed by atoms with Crippen molar-refractivity contribution in [3.63, 3.8) is 0 Å². The summed E-state index contributed by atoms with van der Waals surface area (Å²) in [6.07, 6.45) is 4.74. The highest BCUT2D eigenvalue weighted by Gasteiger charge is 2.22. The zero-order chi connectivity index (χ0) is 12.3. The third-order valence-corrected chi connectivity index (χ3v) is 3.35. The molecule has 0 N–H and O–H groups in total. The maximum Gasteiger partial charge on any atom is 0.136 e. The summed E-state index contributed by atoms with van der Waals surface area (Å²) in [7, 11) is 1.66. The van der Waals surface area contributed by atoms with Gasteiger partial charge in [-0.2, -0.15) is 0 Å². The van der Waals surface area contributed by atoms with E-state index in [9.17, 15) is 4.79 Å². The Balaban J connectivity index is 2.11. The molecule has 1 fully saturated rings. The van der Waals surface area contributed by atoms with Gasteiger partial charge in [-0.15, -0.1) is 0 Å². The first-order valence-corrected chi connectivity index (χ1v) is 6.23. The first kappa shape index (κ1) is 12.1. The number of carbonyl (C=O) groups is 1. The predicted octanol–water partition coefficient (Wildman–Crippen LogP) is 2.70. The zero-order valence-electron chi connectivity index (χ0n) is 10.5. The Hall–Kier alpha value is -1.38. The molecule has 1 aliphatic rings. The van der Waals surface area contributed by atoms with Crippen LogP contribution in [0.5, 0.6) is 5.75 Å². The molecule has 3 nitrogen and oxygen atoms in total. The Bertz CT molecular complexity index is 415. The number of ketones is 1. The fourth-order valence-corrected chi connectivity index (χ4v) is 2.45. The van der Waals surface area contributed by atoms with Crippen LogP contribution in [0, 0.1) is 12.8 Å². The van der Waals surface area contributed by atoms with Crippen molar-refractivity contribution >= 4 is 5.78 Å². The Morgan fingerprint density at radius 1 is 1.41 bits per heavy atom. The molecule has 0 aliphatic heterocycles. The monoisotopic (exact) mass is 233 g/mol. The Kier molecular flexibility index (Phi) is 3.77. The Labute approximate surface area is 102 Å². The molecule has 0 spiro atoms. The third kappa shape index (κ3) is 3.05. The number of hydrogen-bond acceptors (Lipinski definition) is 3. The molecule has 1 heterocycles. The molecule has 2 rings (SSSR count). The normalized spacial score (nSPS) is 20.4. The average Bonchev–Trinajstić information content (AvgIpc) is 2.31. The summed E-state index contributed by atoms with van der Waals surface area (Å²) < 4.78 is 5.23. The molecule has 17 heavy (non-hydrogen) atoms. The van der Waals surface area contributed by atoms with Gasteiger partial charge in [0.25, 0.3) is 0 Å². The smallest absolute Gasteiger partial charge is 0.136 e. The molecule has 92 valence electrons. The maximum absolute atomic E-state index is 11.8. The number of hydrogen-bond donors (Lipinski definition) is 0. The molecule has 3 heteroatoms. The van der Waals surface area contributed by atoms with E-state index in [2.05, 4.69) is 4.98 Å². The predicted molar refractivity (Wildman–Crippen MR) is 66.2 cm³/mol. The van der Waals surface area contributed by atoms with Crippen LogP contribution >= 0.6 is 0 Å². The van der Waals surface area contributed by atoms with E-state index < -0.39 is 0 Å². The van der Waals surface area contributed by atoms with E-state index >= 15 is 0 Å².